The predicted octanol–water partition coefficient (Wildman–Crippen LogP) is 1.95. The van der Waals surface area contributed by atoms with Crippen LogP contribution in [0.1, 0.15) is 18.1 Å². The molecule has 0 saturated heterocycles. The molecule has 2 unspecified atom stereocenters. The van der Waals surface area contributed by atoms with Gasteiger partial charge in [0.15, 0.2) is 0 Å². The standard InChI is InChI=1S/C14H11F4NO4S2/c1-7(20)13(21)19-12-5-4-11(24(12)25(22)23)9-3-2-8(6-10(9)15)14(16,17)18/h2-7,20H,1H3,(H,19,21). The topological polar surface area (TPSA) is 83.5 Å². The van der Waals surface area contributed by atoms with Gasteiger partial charge in [-0.1, -0.05) is 6.07 Å². The van der Waals surface area contributed by atoms with Crippen LogP contribution in [0.15, 0.2) is 35.4 Å². The van der Waals surface area contributed by atoms with Gasteiger partial charge in [-0.15, -0.1) is 0 Å². The van der Waals surface area contributed by atoms with Gasteiger partial charge in [0.2, 0.25) is 0 Å². The third-order valence-electron chi connectivity index (χ3n) is 3.11. The minimum Gasteiger partial charge on any atom is -0.384 e. The van der Waals surface area contributed by atoms with Crippen molar-refractivity contribution in [3.8, 4) is 0 Å². The van der Waals surface area contributed by atoms with Gasteiger partial charge in [0, 0.05) is 19.9 Å². The van der Waals surface area contributed by atoms with Crippen LogP contribution in [-0.4, -0.2) is 25.5 Å². The normalized spacial score (nSPS) is 18.4. The fourth-order valence-corrected chi connectivity index (χ4v) is 5.01. The number of benzene rings is 1. The highest BCUT2D eigenvalue weighted by Crippen LogP contribution is 2.34. The van der Waals surface area contributed by atoms with E-state index in [0.717, 1.165) is 6.07 Å². The number of aliphatic hydroxyl groups excluding tert-OH is 1. The molecule has 1 aromatic rings. The number of amides is 1. The maximum atomic E-state index is 14.1. The molecule has 1 aromatic carbocycles. The number of hydrogen-bond donors (Lipinski definition) is 2. The predicted molar refractivity (Wildman–Crippen MR) is 83.6 cm³/mol. The molecular weight excluding hydrogens is 386 g/mol. The maximum Gasteiger partial charge on any atom is 0.416 e. The Bertz CT molecular complexity index is 923. The van der Waals surface area contributed by atoms with Crippen LogP contribution >= 0.6 is 0 Å². The lowest BCUT2D eigenvalue weighted by molar-refractivity contribution is -0.137. The van der Waals surface area contributed by atoms with Crippen molar-refractivity contribution in [1.29, 1.82) is 0 Å². The molecule has 11 heteroatoms. The van der Waals surface area contributed by atoms with Crippen molar-refractivity contribution >= 4 is 29.5 Å². The second kappa shape index (κ2) is 7.10. The number of aliphatic hydroxyl groups is 1. The maximum absolute atomic E-state index is 14.1. The Hall–Kier alpha value is -1.98. The van der Waals surface area contributed by atoms with Crippen molar-refractivity contribution < 1.29 is 35.9 Å². The number of allylic oxidation sites excluding steroid dienone is 2. The Morgan fingerprint density at radius 3 is 2.40 bits per heavy atom. The van der Waals surface area contributed by atoms with Crippen LogP contribution in [0.3, 0.4) is 0 Å². The van der Waals surface area contributed by atoms with Crippen LogP contribution in [0.2, 0.25) is 0 Å². The molecule has 0 bridgehead atoms. The number of rotatable bonds is 3. The summed E-state index contributed by atoms with van der Waals surface area (Å²) in [7, 11) is -4.61. The van der Waals surface area contributed by atoms with E-state index in [4.69, 9.17) is 5.11 Å². The van der Waals surface area contributed by atoms with E-state index in [2.05, 4.69) is 5.32 Å². The molecule has 1 aliphatic heterocycles. The number of carbonyl (C=O) groups excluding carboxylic acids is 1. The van der Waals surface area contributed by atoms with Crippen LogP contribution in [-0.2, 0) is 29.7 Å². The second-order valence-electron chi connectivity index (χ2n) is 4.89. The molecule has 0 radical (unpaired) electrons. The summed E-state index contributed by atoms with van der Waals surface area (Å²) in [5.74, 6) is -2.10. The van der Waals surface area contributed by atoms with Crippen molar-refractivity contribution in [2.45, 2.75) is 19.2 Å². The SMILES string of the molecule is CC(O)C(=O)NC1=CC=C(c2ccc(C(F)(F)F)cc2F)S1=S(=O)=O. The van der Waals surface area contributed by atoms with Crippen LogP contribution in [0.25, 0.3) is 4.91 Å². The smallest absolute Gasteiger partial charge is 0.384 e. The average molecular weight is 397 g/mol. The summed E-state index contributed by atoms with van der Waals surface area (Å²) in [6.45, 7) is 1.17. The van der Waals surface area contributed by atoms with Gasteiger partial charge >= 0.3 is 6.18 Å². The van der Waals surface area contributed by atoms with E-state index >= 15 is 0 Å². The number of nitrogens with one attached hydrogen (secondary N) is 1. The molecule has 1 aliphatic rings. The first-order chi connectivity index (χ1) is 11.5. The molecule has 25 heavy (non-hydrogen) atoms. The Balaban J connectivity index is 2.43. The molecule has 0 fully saturated rings. The Kier molecular flexibility index (Phi) is 5.49. The van der Waals surface area contributed by atoms with Gasteiger partial charge in [0.25, 0.3) is 15.2 Å². The molecule has 2 rings (SSSR count). The number of alkyl halides is 3. The number of carbonyl (C=O) groups is 1. The highest BCUT2D eigenvalue weighted by Gasteiger charge is 2.32. The van der Waals surface area contributed by atoms with Crippen molar-refractivity contribution in [1.82, 2.24) is 5.32 Å². The first-order valence-electron chi connectivity index (χ1n) is 6.64. The third-order valence-corrected chi connectivity index (χ3v) is 6.67. The van der Waals surface area contributed by atoms with E-state index in [-0.39, 0.29) is 21.6 Å². The van der Waals surface area contributed by atoms with Gasteiger partial charge in [0.05, 0.1) is 10.6 Å². The highest BCUT2D eigenvalue weighted by molar-refractivity contribution is 8.40. The number of hydrogen-bond acceptors (Lipinski definition) is 4. The quantitative estimate of drug-likeness (QED) is 0.764. The molecular formula is C14H11F4NO4S2. The molecule has 136 valence electrons. The van der Waals surface area contributed by atoms with Crippen molar-refractivity contribution in [3.05, 3.63) is 52.3 Å². The summed E-state index contributed by atoms with van der Waals surface area (Å²) < 4.78 is 74.9. The average Bonchev–Trinajstić information content (AvgIpc) is 2.89. The van der Waals surface area contributed by atoms with Crippen LogP contribution in [0.5, 0.6) is 0 Å². The summed E-state index contributed by atoms with van der Waals surface area (Å²) in [4.78, 5) is 11.4. The van der Waals surface area contributed by atoms with Gasteiger partial charge in [-0.05, 0) is 31.2 Å². The minimum absolute atomic E-state index is 0.0968. The monoisotopic (exact) mass is 397 g/mol. The summed E-state index contributed by atoms with van der Waals surface area (Å²) in [6, 6.07) is 1.75. The Morgan fingerprint density at radius 1 is 1.28 bits per heavy atom. The fraction of sp³-hybridized carbons (Fsp3) is 0.214. The van der Waals surface area contributed by atoms with Crippen molar-refractivity contribution in [2.24, 2.45) is 0 Å². The lowest BCUT2D eigenvalue weighted by atomic mass is 10.1. The van der Waals surface area contributed by atoms with Crippen LogP contribution in [0, 0.1) is 5.82 Å². The van der Waals surface area contributed by atoms with E-state index in [1.807, 2.05) is 0 Å². The molecule has 0 saturated carbocycles. The summed E-state index contributed by atoms with van der Waals surface area (Å²) in [6.07, 6.45) is -3.74. The van der Waals surface area contributed by atoms with Crippen LogP contribution < -0.4 is 5.32 Å². The van der Waals surface area contributed by atoms with Gasteiger partial charge in [0.1, 0.15) is 11.9 Å². The van der Waals surface area contributed by atoms with E-state index in [1.54, 1.807) is 0 Å². The molecule has 5 nitrogen and oxygen atoms in total. The Labute approximate surface area is 142 Å². The van der Waals surface area contributed by atoms with Gasteiger partial charge in [-0.25, -0.2) is 4.39 Å². The zero-order valence-corrected chi connectivity index (χ0v) is 14.1. The van der Waals surface area contributed by atoms with E-state index in [9.17, 15) is 30.8 Å². The molecule has 0 spiro atoms. The molecule has 2 atom stereocenters. The minimum atomic E-state index is -4.74. The largest absolute Gasteiger partial charge is 0.416 e. The third kappa shape index (κ3) is 4.17. The zero-order chi connectivity index (χ0) is 18.9. The molecule has 1 heterocycles. The van der Waals surface area contributed by atoms with E-state index < -0.39 is 48.3 Å². The fourth-order valence-electron chi connectivity index (χ4n) is 1.93. The van der Waals surface area contributed by atoms with E-state index in [0.29, 0.717) is 6.07 Å². The lowest BCUT2D eigenvalue weighted by Gasteiger charge is -2.13. The van der Waals surface area contributed by atoms with Gasteiger partial charge in [-0.3, -0.25) is 4.79 Å². The van der Waals surface area contributed by atoms with Gasteiger partial charge in [-0.2, -0.15) is 21.6 Å². The summed E-state index contributed by atoms with van der Waals surface area (Å²) >= 11 is 0. The molecule has 0 aliphatic carbocycles. The second-order valence-corrected chi connectivity index (χ2v) is 8.53. The highest BCUT2D eigenvalue weighted by atomic mass is 32.9. The zero-order valence-electron chi connectivity index (χ0n) is 12.5. The molecule has 1 amide bonds. The van der Waals surface area contributed by atoms with Crippen molar-refractivity contribution in [2.75, 3.05) is 0 Å². The van der Waals surface area contributed by atoms with Crippen molar-refractivity contribution in [3.63, 3.8) is 0 Å². The van der Waals surface area contributed by atoms with Gasteiger partial charge < -0.3 is 10.4 Å². The first-order valence-corrected chi connectivity index (χ1v) is 9.46. The summed E-state index contributed by atoms with van der Waals surface area (Å²) in [5, 5.41) is 11.3. The summed E-state index contributed by atoms with van der Waals surface area (Å²) in [5.41, 5.74) is -1.52. The number of halogens is 4. The molecule has 2 N–H and O–H groups in total. The van der Waals surface area contributed by atoms with E-state index in [1.165, 1.54) is 19.1 Å². The Morgan fingerprint density at radius 2 is 1.92 bits per heavy atom. The van der Waals surface area contributed by atoms with Crippen LogP contribution in [0.4, 0.5) is 17.6 Å². The first kappa shape index (κ1) is 19.3. The molecule has 0 aromatic heterocycles. The lowest BCUT2D eigenvalue weighted by Crippen LogP contribution is -2.32.